The van der Waals surface area contributed by atoms with E-state index in [0.717, 1.165) is 24.4 Å². The van der Waals surface area contributed by atoms with Gasteiger partial charge in [-0.2, -0.15) is 0 Å². The van der Waals surface area contributed by atoms with Crippen molar-refractivity contribution >= 4 is 34.2 Å². The van der Waals surface area contributed by atoms with Gasteiger partial charge in [0.25, 0.3) is 5.91 Å². The van der Waals surface area contributed by atoms with Crippen LogP contribution in [0.2, 0.25) is 0 Å². The molecule has 116 valence electrons. The van der Waals surface area contributed by atoms with E-state index in [1.165, 1.54) is 36.6 Å². The number of nitrogens with zero attached hydrogens (tertiary/aromatic N) is 2. The predicted molar refractivity (Wildman–Crippen MR) is 95.6 cm³/mol. The van der Waals surface area contributed by atoms with Crippen molar-refractivity contribution in [3.05, 3.63) is 47.0 Å². The van der Waals surface area contributed by atoms with Gasteiger partial charge in [0.15, 0.2) is 0 Å². The number of likely N-dealkylation sites (tertiary alicyclic amines) is 1. The van der Waals surface area contributed by atoms with E-state index >= 15 is 0 Å². The number of thioether (sulfide) groups is 1. The van der Waals surface area contributed by atoms with E-state index < -0.39 is 0 Å². The van der Waals surface area contributed by atoms with E-state index in [4.69, 9.17) is 12.2 Å². The van der Waals surface area contributed by atoms with Crippen molar-refractivity contribution in [1.82, 2.24) is 9.80 Å². The maximum Gasteiger partial charge on any atom is 0.267 e. The van der Waals surface area contributed by atoms with Crippen molar-refractivity contribution in [3.63, 3.8) is 0 Å². The summed E-state index contributed by atoms with van der Waals surface area (Å²) in [5.74, 6) is 0.0662. The fourth-order valence-electron chi connectivity index (χ4n) is 2.78. The minimum Gasteiger partial charge on any atom is -0.376 e. The Morgan fingerprint density at radius 3 is 2.59 bits per heavy atom. The predicted octanol–water partition coefficient (Wildman–Crippen LogP) is 3.42. The van der Waals surface area contributed by atoms with Gasteiger partial charge in [-0.25, -0.2) is 0 Å². The van der Waals surface area contributed by atoms with Gasteiger partial charge in [0, 0.05) is 25.8 Å². The molecule has 2 aliphatic rings. The second kappa shape index (κ2) is 7.29. The summed E-state index contributed by atoms with van der Waals surface area (Å²) in [5.41, 5.74) is 1.23. The zero-order valence-electron chi connectivity index (χ0n) is 12.5. The first-order chi connectivity index (χ1) is 10.7. The quantitative estimate of drug-likeness (QED) is 0.623. The first-order valence-corrected chi connectivity index (χ1v) is 9.00. The van der Waals surface area contributed by atoms with Crippen molar-refractivity contribution in [3.8, 4) is 0 Å². The molecule has 0 aromatic heterocycles. The standard InChI is InChI=1S/C17H20N2OS2/c20-16-15(13-18-10-5-2-6-11-18)22-17(21)19(16)12-9-14-7-3-1-4-8-14/h1,3-4,7-8,13H,2,5-6,9-12H2. The van der Waals surface area contributed by atoms with Gasteiger partial charge in [-0.1, -0.05) is 54.3 Å². The smallest absolute Gasteiger partial charge is 0.267 e. The summed E-state index contributed by atoms with van der Waals surface area (Å²) in [6.07, 6.45) is 6.57. The summed E-state index contributed by atoms with van der Waals surface area (Å²) in [7, 11) is 0. The Kier molecular flexibility index (Phi) is 5.16. The van der Waals surface area contributed by atoms with Crippen molar-refractivity contribution in [2.75, 3.05) is 19.6 Å². The van der Waals surface area contributed by atoms with Crippen molar-refractivity contribution < 1.29 is 4.79 Å². The molecule has 0 saturated carbocycles. The highest BCUT2D eigenvalue weighted by molar-refractivity contribution is 8.26. The third kappa shape index (κ3) is 3.70. The summed E-state index contributed by atoms with van der Waals surface area (Å²) < 4.78 is 0.684. The van der Waals surface area contributed by atoms with Gasteiger partial charge in [-0.3, -0.25) is 9.69 Å². The van der Waals surface area contributed by atoms with Crippen molar-refractivity contribution in [2.24, 2.45) is 0 Å². The monoisotopic (exact) mass is 332 g/mol. The van der Waals surface area contributed by atoms with Gasteiger partial charge in [0.05, 0.1) is 4.91 Å². The number of piperidine rings is 1. The third-order valence-electron chi connectivity index (χ3n) is 4.03. The largest absolute Gasteiger partial charge is 0.376 e. The van der Waals surface area contributed by atoms with E-state index in [9.17, 15) is 4.79 Å². The molecule has 2 saturated heterocycles. The summed E-state index contributed by atoms with van der Waals surface area (Å²) in [5, 5.41) is 0. The van der Waals surface area contributed by atoms with Gasteiger partial charge in [-0.05, 0) is 31.2 Å². The summed E-state index contributed by atoms with van der Waals surface area (Å²) in [4.78, 5) is 17.3. The fraction of sp³-hybridized carbons (Fsp3) is 0.412. The van der Waals surface area contributed by atoms with Gasteiger partial charge in [0.2, 0.25) is 0 Å². The Morgan fingerprint density at radius 1 is 1.14 bits per heavy atom. The van der Waals surface area contributed by atoms with E-state index in [1.807, 2.05) is 24.4 Å². The van der Waals surface area contributed by atoms with E-state index in [2.05, 4.69) is 17.0 Å². The van der Waals surface area contributed by atoms with Gasteiger partial charge in [0.1, 0.15) is 4.32 Å². The molecule has 3 rings (SSSR count). The van der Waals surface area contributed by atoms with Crippen LogP contribution in [0.1, 0.15) is 24.8 Å². The van der Waals surface area contributed by atoms with Gasteiger partial charge >= 0.3 is 0 Å². The van der Waals surface area contributed by atoms with Crippen LogP contribution >= 0.6 is 24.0 Å². The first-order valence-electron chi connectivity index (χ1n) is 7.77. The molecule has 22 heavy (non-hydrogen) atoms. The number of thiocarbonyl (C=S) groups is 1. The van der Waals surface area contributed by atoms with E-state index in [1.54, 1.807) is 4.90 Å². The summed E-state index contributed by atoms with van der Waals surface area (Å²) in [6.45, 7) is 2.76. The number of benzene rings is 1. The Balaban J connectivity index is 1.62. The zero-order valence-corrected chi connectivity index (χ0v) is 14.2. The van der Waals surface area contributed by atoms with Crippen LogP contribution in [0.25, 0.3) is 0 Å². The van der Waals surface area contributed by atoms with Gasteiger partial charge in [-0.15, -0.1) is 0 Å². The Morgan fingerprint density at radius 2 is 1.86 bits per heavy atom. The lowest BCUT2D eigenvalue weighted by atomic mass is 10.1. The molecule has 0 unspecified atom stereocenters. The van der Waals surface area contributed by atoms with Crippen molar-refractivity contribution in [2.45, 2.75) is 25.7 Å². The fourth-order valence-corrected chi connectivity index (χ4v) is 4.10. The lowest BCUT2D eigenvalue weighted by Crippen LogP contribution is -2.31. The Hall–Kier alpha value is -1.33. The molecule has 2 heterocycles. The topological polar surface area (TPSA) is 23.6 Å². The van der Waals surface area contributed by atoms with Crippen LogP contribution in [0.4, 0.5) is 0 Å². The zero-order chi connectivity index (χ0) is 15.4. The Bertz CT molecular complexity index is 580. The average Bonchev–Trinajstić information content (AvgIpc) is 2.81. The second-order valence-electron chi connectivity index (χ2n) is 5.65. The maximum atomic E-state index is 12.5. The molecule has 0 spiro atoms. The molecular formula is C17H20N2OS2. The Labute approximate surface area is 141 Å². The molecule has 2 aliphatic heterocycles. The van der Waals surface area contributed by atoms with Crippen LogP contribution in [-0.2, 0) is 11.2 Å². The number of carbonyl (C=O) groups excluding carboxylic acids is 1. The minimum absolute atomic E-state index is 0.0662. The number of amides is 1. The highest BCUT2D eigenvalue weighted by Crippen LogP contribution is 2.31. The lowest BCUT2D eigenvalue weighted by molar-refractivity contribution is -0.122. The molecule has 3 nitrogen and oxygen atoms in total. The van der Waals surface area contributed by atoms with Crippen LogP contribution in [0, 0.1) is 0 Å². The molecule has 1 aromatic rings. The van der Waals surface area contributed by atoms with Gasteiger partial charge < -0.3 is 4.90 Å². The SMILES string of the molecule is O=C1C(=CN2CCCCC2)SC(=S)N1CCc1ccccc1. The third-order valence-corrected chi connectivity index (χ3v) is 5.40. The van der Waals surface area contributed by atoms with Crippen molar-refractivity contribution in [1.29, 1.82) is 0 Å². The first kappa shape index (κ1) is 15.6. The van der Waals surface area contributed by atoms with Crippen LogP contribution in [0.5, 0.6) is 0 Å². The van der Waals surface area contributed by atoms with Crippen LogP contribution < -0.4 is 0 Å². The van der Waals surface area contributed by atoms with Crippen LogP contribution in [-0.4, -0.2) is 39.7 Å². The van der Waals surface area contributed by atoms with E-state index in [0.29, 0.717) is 10.9 Å². The van der Waals surface area contributed by atoms with E-state index in [-0.39, 0.29) is 5.91 Å². The second-order valence-corrected chi connectivity index (χ2v) is 7.33. The lowest BCUT2D eigenvalue weighted by Gasteiger charge is -2.25. The molecule has 1 aromatic carbocycles. The summed E-state index contributed by atoms with van der Waals surface area (Å²) >= 11 is 6.82. The molecule has 1 amide bonds. The number of carbonyl (C=O) groups is 1. The number of rotatable bonds is 4. The molecule has 0 atom stereocenters. The number of hydrogen-bond donors (Lipinski definition) is 0. The van der Waals surface area contributed by atoms with Crippen LogP contribution in [0.15, 0.2) is 41.4 Å². The number of hydrogen-bond acceptors (Lipinski definition) is 4. The minimum atomic E-state index is 0.0662. The van der Waals surface area contributed by atoms with Crippen LogP contribution in [0.3, 0.4) is 0 Å². The molecular weight excluding hydrogens is 312 g/mol. The average molecular weight is 332 g/mol. The normalized spacial score (nSPS) is 21.0. The molecule has 0 aliphatic carbocycles. The molecule has 0 bridgehead atoms. The molecule has 2 fully saturated rings. The molecule has 5 heteroatoms. The molecule has 0 radical (unpaired) electrons. The molecule has 0 N–H and O–H groups in total. The highest BCUT2D eigenvalue weighted by atomic mass is 32.2. The highest BCUT2D eigenvalue weighted by Gasteiger charge is 2.32. The maximum absolute atomic E-state index is 12.5. The summed E-state index contributed by atoms with van der Waals surface area (Å²) in [6, 6.07) is 10.2.